The molecule has 3 aromatic rings. The van der Waals surface area contributed by atoms with Crippen molar-refractivity contribution >= 4 is 21.9 Å². The molecule has 0 aliphatic carbocycles. The van der Waals surface area contributed by atoms with Crippen molar-refractivity contribution in [3.05, 3.63) is 118 Å². The van der Waals surface area contributed by atoms with Gasteiger partial charge in [-0.15, -0.1) is 0 Å². The van der Waals surface area contributed by atoms with Crippen LogP contribution >= 0.6 is 15.9 Å². The van der Waals surface area contributed by atoms with E-state index < -0.39 is 17.4 Å². The normalized spacial score (nSPS) is 21.1. The van der Waals surface area contributed by atoms with Crippen molar-refractivity contribution in [2.45, 2.75) is 11.4 Å². The molecule has 30 heavy (non-hydrogen) atoms. The van der Waals surface area contributed by atoms with Crippen molar-refractivity contribution in [2.24, 2.45) is 0 Å². The number of hydrogen-bond acceptors (Lipinski definition) is 5. The molecule has 152 valence electrons. The lowest BCUT2D eigenvalue weighted by Gasteiger charge is -2.56. The number of halogens is 1. The van der Waals surface area contributed by atoms with E-state index in [1.54, 1.807) is 24.3 Å². The fourth-order valence-corrected chi connectivity index (χ4v) is 4.09. The summed E-state index contributed by atoms with van der Waals surface area (Å²) in [4.78, 5) is 17.3. The highest BCUT2D eigenvalue weighted by Crippen LogP contribution is 2.61. The van der Waals surface area contributed by atoms with Gasteiger partial charge in [0, 0.05) is 21.7 Å². The van der Waals surface area contributed by atoms with Gasteiger partial charge in [0.05, 0.1) is 7.11 Å². The van der Waals surface area contributed by atoms with Crippen LogP contribution < -0.4 is 0 Å². The highest BCUT2D eigenvalue weighted by atomic mass is 79.9. The summed E-state index contributed by atoms with van der Waals surface area (Å²) in [5.41, 5.74) is 1.37. The van der Waals surface area contributed by atoms with Gasteiger partial charge in [0.15, 0.2) is 0 Å². The second-order valence-corrected chi connectivity index (χ2v) is 7.73. The Labute approximate surface area is 182 Å². The van der Waals surface area contributed by atoms with Gasteiger partial charge in [-0.3, -0.25) is 0 Å². The standard InChI is InChI=1S/C24H19BrO5/c1-28-22(26)16-21-23(17-8-4-2-5-9-17,18-10-6-3-7-11-18)29-24(21,30-27)19-12-14-20(25)15-13-19/h2-16,27H,1H3/b21-16-. The van der Waals surface area contributed by atoms with E-state index in [-0.39, 0.29) is 0 Å². The molecule has 1 heterocycles. The molecule has 0 radical (unpaired) electrons. The SMILES string of the molecule is COC(=O)/C=C1\C(OO)(c2ccc(Br)cc2)OC1(c1ccccc1)c1ccccc1. The molecular formula is C24H19BrO5. The molecule has 6 heteroatoms. The zero-order chi connectivity index (χ0) is 21.2. The first-order chi connectivity index (χ1) is 14.6. The van der Waals surface area contributed by atoms with E-state index in [0.29, 0.717) is 11.1 Å². The summed E-state index contributed by atoms with van der Waals surface area (Å²) >= 11 is 3.40. The summed E-state index contributed by atoms with van der Waals surface area (Å²) in [6, 6.07) is 26.1. The van der Waals surface area contributed by atoms with Gasteiger partial charge in [0.2, 0.25) is 0 Å². The van der Waals surface area contributed by atoms with Crippen LogP contribution in [0.25, 0.3) is 0 Å². The summed E-state index contributed by atoms with van der Waals surface area (Å²) in [7, 11) is 1.30. The molecule has 1 aliphatic rings. The largest absolute Gasteiger partial charge is 0.466 e. The molecule has 1 N–H and O–H groups in total. The van der Waals surface area contributed by atoms with Crippen molar-refractivity contribution in [3.63, 3.8) is 0 Å². The van der Waals surface area contributed by atoms with Crippen LogP contribution in [0.15, 0.2) is 101 Å². The first-order valence-electron chi connectivity index (χ1n) is 9.27. The number of rotatable bonds is 5. The van der Waals surface area contributed by atoms with Gasteiger partial charge < -0.3 is 9.47 Å². The number of carbonyl (C=O) groups excluding carboxylic acids is 1. The van der Waals surface area contributed by atoms with Gasteiger partial charge in [0.1, 0.15) is 5.60 Å². The van der Waals surface area contributed by atoms with E-state index in [1.807, 2.05) is 60.7 Å². The quantitative estimate of drug-likeness (QED) is 0.243. The van der Waals surface area contributed by atoms with Crippen molar-refractivity contribution in [1.29, 1.82) is 0 Å². The molecule has 0 bridgehead atoms. The minimum atomic E-state index is -1.67. The Kier molecular flexibility index (Phi) is 5.58. The van der Waals surface area contributed by atoms with E-state index in [0.717, 1.165) is 15.6 Å². The molecule has 1 atom stereocenters. The van der Waals surface area contributed by atoms with Crippen molar-refractivity contribution in [2.75, 3.05) is 7.11 Å². The summed E-state index contributed by atoms with van der Waals surface area (Å²) in [6.45, 7) is 0. The highest BCUT2D eigenvalue weighted by Gasteiger charge is 2.65. The number of benzene rings is 3. The maximum absolute atomic E-state index is 12.4. The number of esters is 1. The monoisotopic (exact) mass is 466 g/mol. The Morgan fingerprint density at radius 3 is 1.90 bits per heavy atom. The molecular weight excluding hydrogens is 448 g/mol. The topological polar surface area (TPSA) is 65.0 Å². The van der Waals surface area contributed by atoms with Crippen LogP contribution in [0.5, 0.6) is 0 Å². The van der Waals surface area contributed by atoms with Gasteiger partial charge >= 0.3 is 5.97 Å². The molecule has 3 aromatic carbocycles. The minimum absolute atomic E-state index is 0.407. The van der Waals surface area contributed by atoms with Gasteiger partial charge in [-0.1, -0.05) is 88.7 Å². The number of ether oxygens (including phenoxy) is 2. The van der Waals surface area contributed by atoms with Crippen LogP contribution in [-0.4, -0.2) is 18.3 Å². The zero-order valence-electron chi connectivity index (χ0n) is 16.1. The molecule has 1 fully saturated rings. The van der Waals surface area contributed by atoms with Gasteiger partial charge in [0.25, 0.3) is 5.79 Å². The zero-order valence-corrected chi connectivity index (χ0v) is 17.7. The Morgan fingerprint density at radius 1 is 0.900 bits per heavy atom. The average molecular weight is 467 g/mol. The lowest BCUT2D eigenvalue weighted by atomic mass is 9.69. The Morgan fingerprint density at radius 2 is 1.43 bits per heavy atom. The lowest BCUT2D eigenvalue weighted by Crippen LogP contribution is -2.60. The van der Waals surface area contributed by atoms with Crippen LogP contribution in [0.4, 0.5) is 0 Å². The third-order valence-electron chi connectivity index (χ3n) is 5.21. The summed E-state index contributed by atoms with van der Waals surface area (Å²) in [5.74, 6) is -2.25. The molecule has 0 aromatic heterocycles. The second-order valence-electron chi connectivity index (χ2n) is 6.81. The highest BCUT2D eigenvalue weighted by molar-refractivity contribution is 9.10. The summed E-state index contributed by atoms with van der Waals surface area (Å²) in [5, 5.41) is 10.0. The number of methoxy groups -OCH3 is 1. The molecule has 1 saturated heterocycles. The summed E-state index contributed by atoms with van der Waals surface area (Å²) < 4.78 is 12.2. The maximum Gasteiger partial charge on any atom is 0.330 e. The van der Waals surface area contributed by atoms with Crippen LogP contribution in [-0.2, 0) is 30.5 Å². The second kappa shape index (κ2) is 8.16. The summed E-state index contributed by atoms with van der Waals surface area (Å²) in [6.07, 6.45) is 1.32. The molecule has 0 saturated carbocycles. The third kappa shape index (κ3) is 3.18. The van der Waals surface area contributed by atoms with E-state index >= 15 is 0 Å². The van der Waals surface area contributed by atoms with Crippen LogP contribution in [0.3, 0.4) is 0 Å². The van der Waals surface area contributed by atoms with E-state index in [4.69, 9.17) is 14.4 Å². The first-order valence-corrected chi connectivity index (χ1v) is 10.1. The number of hydrogen-bond donors (Lipinski definition) is 1. The third-order valence-corrected chi connectivity index (χ3v) is 5.74. The molecule has 0 amide bonds. The first kappa shape index (κ1) is 20.5. The lowest BCUT2D eigenvalue weighted by molar-refractivity contribution is -0.455. The average Bonchev–Trinajstić information content (AvgIpc) is 2.80. The molecule has 5 nitrogen and oxygen atoms in total. The molecule has 1 unspecified atom stereocenters. The van der Waals surface area contributed by atoms with Gasteiger partial charge in [-0.05, 0) is 23.3 Å². The maximum atomic E-state index is 12.4. The smallest absolute Gasteiger partial charge is 0.330 e. The predicted molar refractivity (Wildman–Crippen MR) is 114 cm³/mol. The van der Waals surface area contributed by atoms with Crippen molar-refractivity contribution in [1.82, 2.24) is 0 Å². The van der Waals surface area contributed by atoms with Crippen LogP contribution in [0.2, 0.25) is 0 Å². The van der Waals surface area contributed by atoms with Crippen LogP contribution in [0, 0.1) is 0 Å². The van der Waals surface area contributed by atoms with Crippen molar-refractivity contribution in [3.8, 4) is 0 Å². The van der Waals surface area contributed by atoms with E-state index in [2.05, 4.69) is 15.9 Å². The van der Waals surface area contributed by atoms with E-state index in [9.17, 15) is 10.1 Å². The van der Waals surface area contributed by atoms with Crippen LogP contribution in [0.1, 0.15) is 16.7 Å². The Hall–Kier alpha value is -2.77. The fourth-order valence-electron chi connectivity index (χ4n) is 3.83. The number of carbonyl (C=O) groups is 1. The molecule has 1 aliphatic heterocycles. The fraction of sp³-hybridized carbons (Fsp3) is 0.125. The van der Waals surface area contributed by atoms with E-state index in [1.165, 1.54) is 13.2 Å². The van der Waals surface area contributed by atoms with Gasteiger partial charge in [-0.2, -0.15) is 4.89 Å². The van der Waals surface area contributed by atoms with Crippen molar-refractivity contribution < 1.29 is 24.4 Å². The Bertz CT molecular complexity index is 1020. The predicted octanol–water partition coefficient (Wildman–Crippen LogP) is 5.16. The van der Waals surface area contributed by atoms with Gasteiger partial charge in [-0.25, -0.2) is 10.1 Å². The molecule has 4 rings (SSSR count). The minimum Gasteiger partial charge on any atom is -0.466 e. The Balaban J connectivity index is 1.98. The molecule has 0 spiro atoms.